The minimum atomic E-state index is -2.92. The van der Waals surface area contributed by atoms with Crippen molar-refractivity contribution in [3.63, 3.8) is 0 Å². The van der Waals surface area contributed by atoms with E-state index in [0.717, 1.165) is 6.07 Å². The molecule has 2 atom stereocenters. The zero-order chi connectivity index (χ0) is 23.0. The summed E-state index contributed by atoms with van der Waals surface area (Å²) in [7, 11) is 1.59. The number of nitrogens with zero attached hydrogens (tertiary/aromatic N) is 3. The fourth-order valence-electron chi connectivity index (χ4n) is 3.71. The van der Waals surface area contributed by atoms with Crippen LogP contribution in [0.3, 0.4) is 0 Å². The predicted molar refractivity (Wildman–Crippen MR) is 113 cm³/mol. The predicted octanol–water partition coefficient (Wildman–Crippen LogP) is 4.05. The average molecular weight is 448 g/mol. The van der Waals surface area contributed by atoms with Gasteiger partial charge in [-0.25, -0.2) is 23.1 Å². The lowest BCUT2D eigenvalue weighted by atomic mass is 10.0. The van der Waals surface area contributed by atoms with Crippen molar-refractivity contribution >= 4 is 16.7 Å². The van der Waals surface area contributed by atoms with Crippen LogP contribution in [-0.4, -0.2) is 33.9 Å². The lowest BCUT2D eigenvalue weighted by Gasteiger charge is -2.20. The molecule has 1 fully saturated rings. The summed E-state index contributed by atoms with van der Waals surface area (Å²) in [5.41, 5.74) is -0.797. The molecule has 1 aliphatic heterocycles. The molecule has 3 aromatic rings. The molecule has 1 aromatic carbocycles. The molecule has 170 valence electrons. The molecular weight excluding hydrogens is 425 g/mol. The van der Waals surface area contributed by atoms with Crippen molar-refractivity contribution < 1.29 is 22.6 Å². The zero-order valence-electron chi connectivity index (χ0n) is 17.9. The molecular formula is C22H23F3N4O3. The highest BCUT2D eigenvalue weighted by atomic mass is 19.3. The fraction of sp³-hybridized carbons (Fsp3) is 0.409. The first-order chi connectivity index (χ1) is 15.3. The Morgan fingerprint density at radius 1 is 1.28 bits per heavy atom. The molecule has 1 saturated heterocycles. The van der Waals surface area contributed by atoms with Gasteiger partial charge in [0.15, 0.2) is 5.88 Å². The molecule has 0 aliphatic carbocycles. The van der Waals surface area contributed by atoms with Gasteiger partial charge in [-0.1, -0.05) is 18.2 Å². The first-order valence-corrected chi connectivity index (χ1v) is 10.2. The second-order valence-corrected chi connectivity index (χ2v) is 7.75. The maximum Gasteiger partial charge on any atom is 0.279 e. The molecule has 0 unspecified atom stereocenters. The van der Waals surface area contributed by atoms with Crippen molar-refractivity contribution in [1.82, 2.24) is 14.5 Å². The van der Waals surface area contributed by atoms with E-state index in [2.05, 4.69) is 15.3 Å². The van der Waals surface area contributed by atoms with Crippen molar-refractivity contribution in [2.75, 3.05) is 18.5 Å². The number of rotatable bonds is 6. The number of ether oxygens (including phenoxy) is 2. The quantitative estimate of drug-likeness (QED) is 0.613. The van der Waals surface area contributed by atoms with Crippen LogP contribution < -0.4 is 15.6 Å². The largest absolute Gasteiger partial charge is 0.473 e. The first-order valence-electron chi connectivity index (χ1n) is 10.2. The van der Waals surface area contributed by atoms with Crippen LogP contribution in [-0.2, 0) is 11.8 Å². The van der Waals surface area contributed by atoms with Crippen LogP contribution in [0.2, 0.25) is 0 Å². The van der Waals surface area contributed by atoms with Gasteiger partial charge in [0.25, 0.3) is 12.0 Å². The van der Waals surface area contributed by atoms with Gasteiger partial charge in [0.2, 0.25) is 0 Å². The van der Waals surface area contributed by atoms with Crippen molar-refractivity contribution in [2.45, 2.75) is 38.8 Å². The van der Waals surface area contributed by atoms with Crippen LogP contribution in [0.1, 0.15) is 42.8 Å². The Morgan fingerprint density at radius 2 is 2.03 bits per heavy atom. The van der Waals surface area contributed by atoms with Crippen LogP contribution in [0.25, 0.3) is 10.9 Å². The van der Waals surface area contributed by atoms with E-state index in [-0.39, 0.29) is 28.6 Å². The van der Waals surface area contributed by atoms with E-state index in [1.54, 1.807) is 27.0 Å². The Labute approximate surface area is 182 Å². The topological polar surface area (TPSA) is 78.3 Å². The van der Waals surface area contributed by atoms with Crippen LogP contribution in [0.5, 0.6) is 5.88 Å². The van der Waals surface area contributed by atoms with Gasteiger partial charge in [-0.3, -0.25) is 9.36 Å². The highest BCUT2D eigenvalue weighted by Crippen LogP contribution is 2.31. The average Bonchev–Trinajstić information content (AvgIpc) is 3.25. The molecule has 0 saturated carbocycles. The normalized spacial score (nSPS) is 17.2. The molecule has 0 spiro atoms. The first kappa shape index (κ1) is 22.1. The zero-order valence-corrected chi connectivity index (χ0v) is 17.9. The van der Waals surface area contributed by atoms with Gasteiger partial charge in [-0.2, -0.15) is 0 Å². The number of halogens is 3. The molecule has 7 nitrogen and oxygen atoms in total. The molecule has 3 heterocycles. The minimum Gasteiger partial charge on any atom is -0.473 e. The number of pyridine rings is 1. The van der Waals surface area contributed by atoms with E-state index in [4.69, 9.17) is 9.47 Å². The van der Waals surface area contributed by atoms with E-state index < -0.39 is 23.8 Å². The lowest BCUT2D eigenvalue weighted by molar-refractivity contribution is 0.135. The Bertz CT molecular complexity index is 1210. The molecule has 1 N–H and O–H groups in total. The second kappa shape index (κ2) is 8.78. The van der Waals surface area contributed by atoms with Crippen LogP contribution >= 0.6 is 0 Å². The summed E-state index contributed by atoms with van der Waals surface area (Å²) in [5.74, 6) is -0.0261. The van der Waals surface area contributed by atoms with E-state index in [1.165, 1.54) is 16.7 Å². The van der Waals surface area contributed by atoms with Crippen molar-refractivity contribution in [2.24, 2.45) is 7.05 Å². The van der Waals surface area contributed by atoms with E-state index in [9.17, 15) is 18.0 Å². The summed E-state index contributed by atoms with van der Waals surface area (Å²) in [4.78, 5) is 21.6. The maximum atomic E-state index is 14.6. The Morgan fingerprint density at radius 3 is 2.72 bits per heavy atom. The molecule has 1 aliphatic rings. The molecule has 4 rings (SSSR count). The Balaban J connectivity index is 1.76. The number of alkyl halides is 2. The summed E-state index contributed by atoms with van der Waals surface area (Å²) in [5, 5.41) is 3.45. The lowest BCUT2D eigenvalue weighted by Crippen LogP contribution is -2.25. The summed E-state index contributed by atoms with van der Waals surface area (Å²) in [6.07, 6.45) is -2.39. The highest BCUT2D eigenvalue weighted by Gasteiger charge is 2.23. The standard InChI is InChI=1S/C22H23F3N4O3/c1-11(14-5-4-6-15(18(14)23)20(24)25)26-21-16-9-17(32-13-7-8-31-10-13)29(3)22(30)19(16)27-12(2)28-21/h4-6,9,11,13,20H,7-8,10H2,1-3H3,(H,26,27,28)/t11-,13+/m1/s1. The van der Waals surface area contributed by atoms with Crippen molar-refractivity contribution in [3.8, 4) is 5.88 Å². The van der Waals surface area contributed by atoms with Gasteiger partial charge >= 0.3 is 0 Å². The summed E-state index contributed by atoms with van der Waals surface area (Å²) >= 11 is 0. The van der Waals surface area contributed by atoms with Crippen LogP contribution in [0.4, 0.5) is 19.0 Å². The van der Waals surface area contributed by atoms with Crippen LogP contribution in [0.15, 0.2) is 29.1 Å². The monoisotopic (exact) mass is 448 g/mol. The summed E-state index contributed by atoms with van der Waals surface area (Å²) < 4.78 is 53.5. The number of hydrogen-bond donors (Lipinski definition) is 1. The van der Waals surface area contributed by atoms with E-state index in [0.29, 0.717) is 36.7 Å². The number of anilines is 1. The molecule has 2 aromatic heterocycles. The fourth-order valence-corrected chi connectivity index (χ4v) is 3.71. The Kier molecular flexibility index (Phi) is 6.05. The van der Waals surface area contributed by atoms with Gasteiger partial charge in [0, 0.05) is 25.1 Å². The third-order valence-corrected chi connectivity index (χ3v) is 5.45. The number of hydrogen-bond acceptors (Lipinski definition) is 6. The van der Waals surface area contributed by atoms with Crippen molar-refractivity contribution in [1.29, 1.82) is 0 Å². The summed E-state index contributed by atoms with van der Waals surface area (Å²) in [6.45, 7) is 4.28. The molecule has 32 heavy (non-hydrogen) atoms. The van der Waals surface area contributed by atoms with Gasteiger partial charge in [-0.15, -0.1) is 0 Å². The Hall–Kier alpha value is -3.14. The minimum absolute atomic E-state index is 0.0654. The van der Waals surface area contributed by atoms with E-state index in [1.807, 2.05) is 0 Å². The van der Waals surface area contributed by atoms with Gasteiger partial charge in [0.05, 0.1) is 30.2 Å². The number of benzene rings is 1. The third-order valence-electron chi connectivity index (χ3n) is 5.45. The number of fused-ring (bicyclic) bond motifs is 1. The summed E-state index contributed by atoms with van der Waals surface area (Å²) in [6, 6.07) is 4.81. The van der Waals surface area contributed by atoms with Gasteiger partial charge < -0.3 is 14.8 Å². The molecule has 0 bridgehead atoms. The molecule has 10 heteroatoms. The van der Waals surface area contributed by atoms with Crippen LogP contribution in [0, 0.1) is 12.7 Å². The smallest absolute Gasteiger partial charge is 0.279 e. The van der Waals surface area contributed by atoms with Crippen molar-refractivity contribution in [3.05, 3.63) is 57.4 Å². The number of aromatic nitrogens is 3. The number of nitrogens with one attached hydrogen (secondary N) is 1. The third kappa shape index (κ3) is 4.14. The molecule has 0 radical (unpaired) electrons. The maximum absolute atomic E-state index is 14.6. The van der Waals surface area contributed by atoms with E-state index >= 15 is 0 Å². The van der Waals surface area contributed by atoms with Gasteiger partial charge in [0.1, 0.15) is 29.1 Å². The number of aryl methyl sites for hydroxylation is 1. The molecule has 0 amide bonds. The SMILES string of the molecule is Cc1nc(N[C@H](C)c2cccc(C(F)F)c2F)c2cc(O[C@H]3CCOC3)n(C)c(=O)c2n1. The van der Waals surface area contributed by atoms with Gasteiger partial charge in [-0.05, 0) is 13.8 Å². The second-order valence-electron chi connectivity index (χ2n) is 7.75. The highest BCUT2D eigenvalue weighted by molar-refractivity contribution is 5.89.